The van der Waals surface area contributed by atoms with Crippen LogP contribution in [-0.2, 0) is 20.8 Å². The minimum absolute atomic E-state index is 0.208. The zero-order valence-electron chi connectivity index (χ0n) is 13.6. The van der Waals surface area contributed by atoms with Gasteiger partial charge >= 0.3 is 5.97 Å². The summed E-state index contributed by atoms with van der Waals surface area (Å²) in [5.74, 6) is -1.79. The van der Waals surface area contributed by atoms with Crippen molar-refractivity contribution in [2.45, 2.75) is 45.6 Å². The number of aryl methyl sites for hydroxylation is 2. The van der Waals surface area contributed by atoms with Gasteiger partial charge in [-0.2, -0.15) is 0 Å². The van der Waals surface area contributed by atoms with Gasteiger partial charge in [0.15, 0.2) is 0 Å². The fraction of sp³-hybridized carbons (Fsp3) is 0.471. The average Bonchev–Trinajstić information content (AvgIpc) is 2.52. The molecule has 1 atom stereocenters. The molecule has 126 valence electrons. The Balaban J connectivity index is 2.30. The molecule has 0 aromatic heterocycles. The number of carboxylic acids is 1. The van der Waals surface area contributed by atoms with Crippen molar-refractivity contribution in [3.05, 3.63) is 35.4 Å². The van der Waals surface area contributed by atoms with Gasteiger partial charge in [0.25, 0.3) is 0 Å². The van der Waals surface area contributed by atoms with Crippen molar-refractivity contribution in [2.75, 3.05) is 6.54 Å². The van der Waals surface area contributed by atoms with Crippen LogP contribution in [0.1, 0.15) is 37.3 Å². The molecule has 0 bridgehead atoms. The third kappa shape index (κ3) is 7.44. The zero-order valence-corrected chi connectivity index (χ0v) is 13.6. The molecule has 0 fully saturated rings. The Kier molecular flexibility index (Phi) is 7.80. The van der Waals surface area contributed by atoms with Gasteiger partial charge in [-0.15, -0.1) is 0 Å². The molecule has 0 aliphatic carbocycles. The van der Waals surface area contributed by atoms with Crippen LogP contribution in [0.3, 0.4) is 0 Å². The van der Waals surface area contributed by atoms with Crippen LogP contribution < -0.4 is 10.6 Å². The molecular formula is C17H24N2O4. The number of rotatable bonds is 9. The molecule has 2 amide bonds. The molecule has 0 aliphatic rings. The first-order chi connectivity index (χ1) is 10.9. The van der Waals surface area contributed by atoms with Crippen LogP contribution in [0.2, 0.25) is 0 Å². The third-order valence-corrected chi connectivity index (χ3v) is 3.42. The van der Waals surface area contributed by atoms with E-state index in [2.05, 4.69) is 10.6 Å². The number of hydrogen-bond acceptors (Lipinski definition) is 3. The maximum Gasteiger partial charge on any atom is 0.326 e. The summed E-state index contributed by atoms with van der Waals surface area (Å²) in [6, 6.07) is 7.01. The average molecular weight is 320 g/mol. The molecule has 0 radical (unpaired) electrons. The second-order valence-electron chi connectivity index (χ2n) is 5.51. The van der Waals surface area contributed by atoms with Gasteiger partial charge < -0.3 is 15.7 Å². The van der Waals surface area contributed by atoms with Gasteiger partial charge in [0.2, 0.25) is 11.8 Å². The summed E-state index contributed by atoms with van der Waals surface area (Å²) in [6.07, 6.45) is 1.90. The Labute approximate surface area is 136 Å². The number of carbonyl (C=O) groups is 3. The first-order valence-corrected chi connectivity index (χ1v) is 7.76. The van der Waals surface area contributed by atoms with Gasteiger partial charge in [-0.25, -0.2) is 4.79 Å². The van der Waals surface area contributed by atoms with E-state index in [4.69, 9.17) is 5.11 Å². The highest BCUT2D eigenvalue weighted by Gasteiger charge is 2.18. The molecular weight excluding hydrogens is 296 g/mol. The second kappa shape index (κ2) is 9.61. The molecule has 23 heavy (non-hydrogen) atoms. The lowest BCUT2D eigenvalue weighted by Gasteiger charge is -2.13. The largest absolute Gasteiger partial charge is 0.480 e. The fourth-order valence-corrected chi connectivity index (χ4v) is 2.07. The number of aliphatic carboxylic acids is 1. The van der Waals surface area contributed by atoms with Gasteiger partial charge in [-0.1, -0.05) is 43.2 Å². The molecule has 6 heteroatoms. The maximum atomic E-state index is 11.7. The van der Waals surface area contributed by atoms with Gasteiger partial charge in [-0.05, 0) is 25.3 Å². The van der Waals surface area contributed by atoms with E-state index in [1.807, 2.05) is 38.1 Å². The summed E-state index contributed by atoms with van der Waals surface area (Å²) >= 11 is 0. The van der Waals surface area contributed by atoms with Crippen molar-refractivity contribution >= 4 is 17.8 Å². The third-order valence-electron chi connectivity index (χ3n) is 3.42. The summed E-state index contributed by atoms with van der Waals surface area (Å²) in [6.45, 7) is 3.63. The Bertz CT molecular complexity index is 540. The van der Waals surface area contributed by atoms with E-state index in [1.165, 1.54) is 0 Å². The highest BCUT2D eigenvalue weighted by atomic mass is 16.4. The minimum atomic E-state index is -1.06. The Hall–Kier alpha value is -2.37. The monoisotopic (exact) mass is 320 g/mol. The lowest BCUT2D eigenvalue weighted by Crippen LogP contribution is -2.45. The molecule has 0 saturated carbocycles. The Morgan fingerprint density at radius 3 is 2.35 bits per heavy atom. The quantitative estimate of drug-likeness (QED) is 0.641. The lowest BCUT2D eigenvalue weighted by atomic mass is 10.1. The highest BCUT2D eigenvalue weighted by Crippen LogP contribution is 2.05. The van der Waals surface area contributed by atoms with Gasteiger partial charge in [0.05, 0.1) is 6.54 Å². The number of benzene rings is 1. The summed E-state index contributed by atoms with van der Waals surface area (Å²) in [7, 11) is 0. The number of amides is 2. The van der Waals surface area contributed by atoms with E-state index in [-0.39, 0.29) is 18.9 Å². The summed E-state index contributed by atoms with van der Waals surface area (Å²) in [5, 5.41) is 13.9. The van der Waals surface area contributed by atoms with Crippen LogP contribution in [0.4, 0.5) is 0 Å². The maximum absolute atomic E-state index is 11.7. The van der Waals surface area contributed by atoms with E-state index in [1.54, 1.807) is 0 Å². The lowest BCUT2D eigenvalue weighted by molar-refractivity contribution is -0.141. The van der Waals surface area contributed by atoms with Crippen LogP contribution in [0, 0.1) is 6.92 Å². The van der Waals surface area contributed by atoms with Crippen LogP contribution in [0.15, 0.2) is 24.3 Å². The number of carboxylic acid groups (broad SMARTS) is 1. The van der Waals surface area contributed by atoms with Crippen molar-refractivity contribution in [2.24, 2.45) is 0 Å². The van der Waals surface area contributed by atoms with E-state index in [0.29, 0.717) is 19.3 Å². The molecule has 0 saturated heterocycles. The number of nitrogens with one attached hydrogen (secondary N) is 2. The molecule has 1 aromatic carbocycles. The van der Waals surface area contributed by atoms with Crippen LogP contribution >= 0.6 is 0 Å². The predicted octanol–water partition coefficient (Wildman–Crippen LogP) is 1.41. The van der Waals surface area contributed by atoms with E-state index < -0.39 is 17.9 Å². The van der Waals surface area contributed by atoms with Crippen molar-refractivity contribution < 1.29 is 19.5 Å². The van der Waals surface area contributed by atoms with Crippen molar-refractivity contribution in [1.29, 1.82) is 0 Å². The van der Waals surface area contributed by atoms with Crippen LogP contribution in [0.5, 0.6) is 0 Å². The van der Waals surface area contributed by atoms with Crippen LogP contribution in [0.25, 0.3) is 0 Å². The van der Waals surface area contributed by atoms with E-state index in [0.717, 1.165) is 11.1 Å². The molecule has 6 nitrogen and oxygen atoms in total. The van der Waals surface area contributed by atoms with Crippen molar-refractivity contribution in [3.63, 3.8) is 0 Å². The smallest absolute Gasteiger partial charge is 0.326 e. The van der Waals surface area contributed by atoms with Crippen molar-refractivity contribution in [3.8, 4) is 0 Å². The summed E-state index contributed by atoms with van der Waals surface area (Å²) < 4.78 is 0. The Morgan fingerprint density at radius 1 is 1.13 bits per heavy atom. The molecule has 0 aliphatic heterocycles. The van der Waals surface area contributed by atoms with E-state index >= 15 is 0 Å². The topological polar surface area (TPSA) is 95.5 Å². The van der Waals surface area contributed by atoms with Gasteiger partial charge in [0, 0.05) is 6.42 Å². The molecule has 1 aromatic rings. The van der Waals surface area contributed by atoms with Gasteiger partial charge in [0.1, 0.15) is 6.04 Å². The molecule has 1 rings (SSSR count). The second-order valence-corrected chi connectivity index (χ2v) is 5.51. The zero-order chi connectivity index (χ0) is 17.2. The molecule has 3 N–H and O–H groups in total. The van der Waals surface area contributed by atoms with Crippen LogP contribution in [-0.4, -0.2) is 35.5 Å². The fourth-order valence-electron chi connectivity index (χ4n) is 2.07. The number of carbonyl (C=O) groups excluding carboxylic acids is 2. The highest BCUT2D eigenvalue weighted by molar-refractivity contribution is 5.87. The summed E-state index contributed by atoms with van der Waals surface area (Å²) in [4.78, 5) is 34.3. The van der Waals surface area contributed by atoms with E-state index in [9.17, 15) is 14.4 Å². The first kappa shape index (κ1) is 18.7. The first-order valence-electron chi connectivity index (χ1n) is 7.76. The molecule has 1 unspecified atom stereocenters. The Morgan fingerprint density at radius 2 is 1.78 bits per heavy atom. The molecule has 0 spiro atoms. The minimum Gasteiger partial charge on any atom is -0.480 e. The number of hydrogen-bond donors (Lipinski definition) is 3. The molecule has 0 heterocycles. The summed E-state index contributed by atoms with van der Waals surface area (Å²) in [5.41, 5.74) is 2.22. The SMILES string of the molecule is CCCC(NC(=O)CNC(=O)CCc1ccc(C)cc1)C(=O)O. The van der Waals surface area contributed by atoms with Gasteiger partial charge in [-0.3, -0.25) is 9.59 Å². The predicted molar refractivity (Wildman–Crippen MR) is 87.0 cm³/mol. The van der Waals surface area contributed by atoms with Crippen molar-refractivity contribution in [1.82, 2.24) is 10.6 Å². The standard InChI is InChI=1S/C17H24N2O4/c1-3-4-14(17(22)23)19-16(21)11-18-15(20)10-9-13-7-5-12(2)6-8-13/h5-8,14H,3-4,9-11H2,1-2H3,(H,18,20)(H,19,21)(H,22,23). The normalized spacial score (nSPS) is 11.6.